The molecule has 4 N–H and O–H groups in total. The average Bonchev–Trinajstić information content (AvgIpc) is 2.51. The summed E-state index contributed by atoms with van der Waals surface area (Å²) >= 11 is 5.64. The molecule has 0 radical (unpaired) electrons. The molecule has 0 heterocycles. The highest BCUT2D eigenvalue weighted by Gasteiger charge is 2.06. The third kappa shape index (κ3) is 4.75. The van der Waals surface area contributed by atoms with Gasteiger partial charge in [0.05, 0.1) is 23.0 Å². The van der Waals surface area contributed by atoms with Gasteiger partial charge in [0, 0.05) is 12.2 Å². The van der Waals surface area contributed by atoms with Crippen LogP contribution in [0.5, 0.6) is 0 Å². The van der Waals surface area contributed by atoms with Crippen molar-refractivity contribution in [1.82, 2.24) is 0 Å². The molecule has 5 nitrogen and oxygen atoms in total. The maximum Gasteiger partial charge on any atom is 0.411 e. The predicted molar refractivity (Wildman–Crippen MR) is 90.2 cm³/mol. The normalized spacial score (nSPS) is 10.2. The number of hydrogen-bond acceptors (Lipinski definition) is 4. The fourth-order valence-electron chi connectivity index (χ4n) is 1.92. The molecule has 0 aliphatic rings. The molecule has 0 saturated heterocycles. The van der Waals surface area contributed by atoms with Gasteiger partial charge in [-0.1, -0.05) is 17.7 Å². The van der Waals surface area contributed by atoms with Crippen LogP contribution < -0.4 is 16.4 Å². The Bertz CT molecular complexity index is 710. The summed E-state index contributed by atoms with van der Waals surface area (Å²) in [6, 6.07) is 9.71. The molecule has 122 valence electrons. The zero-order chi connectivity index (χ0) is 16.8. The maximum atomic E-state index is 13.4. The number of nitrogens with two attached hydrogens (primary N) is 1. The zero-order valence-electron chi connectivity index (χ0n) is 12.5. The predicted octanol–water partition coefficient (Wildman–Crippen LogP) is 4.24. The highest BCUT2D eigenvalue weighted by Crippen LogP contribution is 2.22. The van der Waals surface area contributed by atoms with Gasteiger partial charge >= 0.3 is 6.09 Å². The van der Waals surface area contributed by atoms with Crippen LogP contribution in [-0.2, 0) is 11.3 Å². The van der Waals surface area contributed by atoms with E-state index in [1.807, 2.05) is 0 Å². The molecule has 0 aliphatic heterocycles. The molecule has 0 spiro atoms. The topological polar surface area (TPSA) is 76.4 Å². The van der Waals surface area contributed by atoms with Crippen LogP contribution in [0.15, 0.2) is 36.4 Å². The van der Waals surface area contributed by atoms with E-state index in [2.05, 4.69) is 10.6 Å². The number of nitrogen functional groups attached to an aromatic ring is 1. The summed E-state index contributed by atoms with van der Waals surface area (Å²) in [5.74, 6) is -0.481. The van der Waals surface area contributed by atoms with Crippen LogP contribution in [-0.4, -0.2) is 12.7 Å². The first kappa shape index (κ1) is 16.9. The molecule has 2 aromatic carbocycles. The van der Waals surface area contributed by atoms with Crippen molar-refractivity contribution in [2.24, 2.45) is 0 Å². The summed E-state index contributed by atoms with van der Waals surface area (Å²) in [4.78, 5) is 11.4. The van der Waals surface area contributed by atoms with Crippen molar-refractivity contribution in [2.75, 3.05) is 23.0 Å². The Kier molecular flexibility index (Phi) is 5.65. The standard InChI is InChI=1S/C16H17ClFN3O2/c1-2-23-16(22)21-15-6-3-10(7-14(15)19)9-20-11-4-5-12(17)13(18)8-11/h3-8,20H,2,9,19H2,1H3,(H,21,22). The highest BCUT2D eigenvalue weighted by molar-refractivity contribution is 6.30. The number of benzene rings is 2. The lowest BCUT2D eigenvalue weighted by atomic mass is 10.1. The van der Waals surface area contributed by atoms with Crippen molar-refractivity contribution in [3.8, 4) is 0 Å². The van der Waals surface area contributed by atoms with E-state index in [0.717, 1.165) is 5.56 Å². The molecule has 1 amide bonds. The number of hydrogen-bond donors (Lipinski definition) is 3. The Morgan fingerprint density at radius 3 is 2.74 bits per heavy atom. The van der Waals surface area contributed by atoms with Gasteiger partial charge in [-0.25, -0.2) is 9.18 Å². The molecule has 0 unspecified atom stereocenters. The third-order valence-corrected chi connectivity index (χ3v) is 3.35. The van der Waals surface area contributed by atoms with Gasteiger partial charge in [-0.2, -0.15) is 0 Å². The fraction of sp³-hybridized carbons (Fsp3) is 0.188. The van der Waals surface area contributed by atoms with Crippen LogP contribution in [0.25, 0.3) is 0 Å². The first-order valence-electron chi connectivity index (χ1n) is 7.00. The molecule has 0 atom stereocenters. The molecule has 2 rings (SSSR count). The molecule has 0 aliphatic carbocycles. The van der Waals surface area contributed by atoms with E-state index >= 15 is 0 Å². The first-order chi connectivity index (χ1) is 11.0. The van der Waals surface area contributed by atoms with Crippen molar-refractivity contribution in [1.29, 1.82) is 0 Å². The molecule has 0 saturated carbocycles. The summed E-state index contributed by atoms with van der Waals surface area (Å²) in [5.41, 5.74) is 8.29. The molecule has 0 fully saturated rings. The molecular weight excluding hydrogens is 321 g/mol. The van der Waals surface area contributed by atoms with Crippen LogP contribution in [0, 0.1) is 5.82 Å². The second-order valence-corrected chi connectivity index (χ2v) is 5.16. The third-order valence-electron chi connectivity index (χ3n) is 3.04. The smallest absolute Gasteiger partial charge is 0.411 e. The minimum Gasteiger partial charge on any atom is -0.450 e. The Morgan fingerprint density at radius 2 is 2.09 bits per heavy atom. The second kappa shape index (κ2) is 7.69. The number of nitrogens with one attached hydrogen (secondary N) is 2. The van der Waals surface area contributed by atoms with Crippen LogP contribution in [0.3, 0.4) is 0 Å². The second-order valence-electron chi connectivity index (χ2n) is 4.75. The van der Waals surface area contributed by atoms with Crippen molar-refractivity contribution in [3.05, 3.63) is 52.8 Å². The monoisotopic (exact) mass is 337 g/mol. The average molecular weight is 338 g/mol. The Morgan fingerprint density at radius 1 is 1.30 bits per heavy atom. The number of carbonyl (C=O) groups is 1. The van der Waals surface area contributed by atoms with Crippen LogP contribution in [0.2, 0.25) is 5.02 Å². The summed E-state index contributed by atoms with van der Waals surface area (Å²) in [5, 5.41) is 5.70. The summed E-state index contributed by atoms with van der Waals surface area (Å²) in [7, 11) is 0. The Hall–Kier alpha value is -2.47. The van der Waals surface area contributed by atoms with E-state index < -0.39 is 11.9 Å². The molecular formula is C16H17ClFN3O2. The van der Waals surface area contributed by atoms with Crippen molar-refractivity contribution in [2.45, 2.75) is 13.5 Å². The number of amides is 1. The van der Waals surface area contributed by atoms with Gasteiger partial charge in [0.25, 0.3) is 0 Å². The lowest BCUT2D eigenvalue weighted by molar-refractivity contribution is 0.168. The van der Waals surface area contributed by atoms with Crippen LogP contribution in [0.1, 0.15) is 12.5 Å². The van der Waals surface area contributed by atoms with E-state index in [1.54, 1.807) is 31.2 Å². The largest absolute Gasteiger partial charge is 0.450 e. The van der Waals surface area contributed by atoms with Crippen LogP contribution >= 0.6 is 11.6 Å². The van der Waals surface area contributed by atoms with E-state index in [1.165, 1.54) is 12.1 Å². The first-order valence-corrected chi connectivity index (χ1v) is 7.38. The number of ether oxygens (including phenoxy) is 1. The zero-order valence-corrected chi connectivity index (χ0v) is 13.3. The minimum absolute atomic E-state index is 0.0780. The van der Waals surface area contributed by atoms with Gasteiger partial charge in [0.1, 0.15) is 5.82 Å². The van der Waals surface area contributed by atoms with Crippen molar-refractivity contribution >= 4 is 34.8 Å². The van der Waals surface area contributed by atoms with E-state index in [0.29, 0.717) is 23.6 Å². The lowest BCUT2D eigenvalue weighted by Gasteiger charge is -2.11. The Balaban J connectivity index is 1.99. The number of halogens is 2. The minimum atomic E-state index is -0.554. The van der Waals surface area contributed by atoms with E-state index in [4.69, 9.17) is 22.1 Å². The van der Waals surface area contributed by atoms with Gasteiger partial charge in [0.2, 0.25) is 0 Å². The summed E-state index contributed by atoms with van der Waals surface area (Å²) in [6.07, 6.45) is -0.554. The SMILES string of the molecule is CCOC(=O)Nc1ccc(CNc2ccc(Cl)c(F)c2)cc1N. The van der Waals surface area contributed by atoms with Gasteiger partial charge in [-0.15, -0.1) is 0 Å². The summed E-state index contributed by atoms with van der Waals surface area (Å²) < 4.78 is 18.2. The quantitative estimate of drug-likeness (QED) is 0.713. The fourth-order valence-corrected chi connectivity index (χ4v) is 2.04. The summed E-state index contributed by atoms with van der Waals surface area (Å²) in [6.45, 7) is 2.45. The molecule has 7 heteroatoms. The lowest BCUT2D eigenvalue weighted by Crippen LogP contribution is -2.14. The maximum absolute atomic E-state index is 13.4. The van der Waals surface area contributed by atoms with Crippen LogP contribution in [0.4, 0.5) is 26.2 Å². The van der Waals surface area contributed by atoms with E-state index in [-0.39, 0.29) is 11.6 Å². The van der Waals surface area contributed by atoms with Gasteiger partial charge < -0.3 is 15.8 Å². The van der Waals surface area contributed by atoms with E-state index in [9.17, 15) is 9.18 Å². The number of anilines is 3. The van der Waals surface area contributed by atoms with Crippen molar-refractivity contribution in [3.63, 3.8) is 0 Å². The molecule has 23 heavy (non-hydrogen) atoms. The number of carbonyl (C=O) groups excluding carboxylic acids is 1. The highest BCUT2D eigenvalue weighted by atomic mass is 35.5. The van der Waals surface area contributed by atoms with Crippen molar-refractivity contribution < 1.29 is 13.9 Å². The van der Waals surface area contributed by atoms with Gasteiger partial charge in [-0.3, -0.25) is 5.32 Å². The van der Waals surface area contributed by atoms with Gasteiger partial charge in [0.15, 0.2) is 0 Å². The number of rotatable bonds is 5. The van der Waals surface area contributed by atoms with Gasteiger partial charge in [-0.05, 0) is 42.8 Å². The molecule has 0 aromatic heterocycles. The Labute approximate surface area is 138 Å². The molecule has 0 bridgehead atoms. The molecule has 2 aromatic rings.